The SMILES string of the molecule is COCC(O)Cc1nc(COCC(F)(F)F)no1. The number of alkyl halides is 3. The molecule has 0 aliphatic heterocycles. The van der Waals surface area contributed by atoms with Crippen LogP contribution < -0.4 is 0 Å². The fourth-order valence-corrected chi connectivity index (χ4v) is 1.14. The van der Waals surface area contributed by atoms with Gasteiger partial charge in [-0.25, -0.2) is 0 Å². The molecule has 1 heterocycles. The van der Waals surface area contributed by atoms with Gasteiger partial charge < -0.3 is 19.1 Å². The Labute approximate surface area is 101 Å². The van der Waals surface area contributed by atoms with Crippen molar-refractivity contribution < 1.29 is 32.3 Å². The summed E-state index contributed by atoms with van der Waals surface area (Å²) in [6, 6.07) is 0. The maximum absolute atomic E-state index is 11.8. The molecule has 1 rings (SSSR count). The van der Waals surface area contributed by atoms with E-state index in [-0.39, 0.29) is 24.7 Å². The average molecular weight is 270 g/mol. The van der Waals surface area contributed by atoms with Gasteiger partial charge in [0.2, 0.25) is 5.89 Å². The number of methoxy groups -OCH3 is 1. The number of hydrogen-bond acceptors (Lipinski definition) is 6. The molecule has 1 N–H and O–H groups in total. The number of aromatic nitrogens is 2. The van der Waals surface area contributed by atoms with E-state index in [1.165, 1.54) is 7.11 Å². The highest BCUT2D eigenvalue weighted by atomic mass is 19.4. The number of aliphatic hydroxyl groups is 1. The van der Waals surface area contributed by atoms with Crippen molar-refractivity contribution in [2.45, 2.75) is 25.3 Å². The molecule has 1 aromatic heterocycles. The van der Waals surface area contributed by atoms with Crippen LogP contribution in [0.5, 0.6) is 0 Å². The average Bonchev–Trinajstić information content (AvgIpc) is 2.64. The molecule has 18 heavy (non-hydrogen) atoms. The fourth-order valence-electron chi connectivity index (χ4n) is 1.14. The van der Waals surface area contributed by atoms with E-state index < -0.39 is 25.5 Å². The van der Waals surface area contributed by atoms with E-state index in [2.05, 4.69) is 14.9 Å². The number of nitrogens with zero attached hydrogens (tertiary/aromatic N) is 2. The molecule has 0 aliphatic carbocycles. The standard InChI is InChI=1S/C9H13F3N2O4/c1-16-3-6(15)2-8-13-7(14-18-8)4-17-5-9(10,11)12/h6,15H,2-5H2,1H3. The predicted octanol–water partition coefficient (Wildman–Crippen LogP) is 0.698. The molecule has 6 nitrogen and oxygen atoms in total. The van der Waals surface area contributed by atoms with Crippen molar-refractivity contribution in [1.29, 1.82) is 0 Å². The van der Waals surface area contributed by atoms with Crippen molar-refractivity contribution >= 4 is 0 Å². The van der Waals surface area contributed by atoms with Gasteiger partial charge in [-0.2, -0.15) is 18.2 Å². The highest BCUT2D eigenvalue weighted by molar-refractivity contribution is 4.86. The Morgan fingerprint density at radius 3 is 2.78 bits per heavy atom. The smallest absolute Gasteiger partial charge is 0.390 e. The zero-order chi connectivity index (χ0) is 13.6. The van der Waals surface area contributed by atoms with Crippen molar-refractivity contribution in [3.63, 3.8) is 0 Å². The van der Waals surface area contributed by atoms with Gasteiger partial charge in [-0.05, 0) is 0 Å². The van der Waals surface area contributed by atoms with Gasteiger partial charge in [0.25, 0.3) is 0 Å². The summed E-state index contributed by atoms with van der Waals surface area (Å²) < 4.78 is 49.1. The number of ether oxygens (including phenoxy) is 2. The topological polar surface area (TPSA) is 77.6 Å². The predicted molar refractivity (Wildman–Crippen MR) is 51.6 cm³/mol. The Kier molecular flexibility index (Phi) is 5.51. The summed E-state index contributed by atoms with van der Waals surface area (Å²) >= 11 is 0. The molecule has 9 heteroatoms. The second-order valence-corrected chi connectivity index (χ2v) is 3.53. The van der Waals surface area contributed by atoms with Crippen molar-refractivity contribution in [3.8, 4) is 0 Å². The van der Waals surface area contributed by atoms with Gasteiger partial charge in [0.1, 0.15) is 13.2 Å². The van der Waals surface area contributed by atoms with Crippen molar-refractivity contribution in [3.05, 3.63) is 11.7 Å². The number of aliphatic hydroxyl groups excluding tert-OH is 1. The van der Waals surface area contributed by atoms with E-state index in [9.17, 15) is 18.3 Å². The van der Waals surface area contributed by atoms with E-state index in [1.54, 1.807) is 0 Å². The van der Waals surface area contributed by atoms with E-state index >= 15 is 0 Å². The molecule has 0 radical (unpaired) electrons. The van der Waals surface area contributed by atoms with Crippen LogP contribution in [0.1, 0.15) is 11.7 Å². The first kappa shape index (κ1) is 14.9. The van der Waals surface area contributed by atoms with Gasteiger partial charge in [0.15, 0.2) is 5.82 Å². The molecule has 1 unspecified atom stereocenters. The number of rotatable bonds is 7. The lowest BCUT2D eigenvalue weighted by Gasteiger charge is -2.05. The van der Waals surface area contributed by atoms with Crippen LogP contribution in [0.4, 0.5) is 13.2 Å². The van der Waals surface area contributed by atoms with Crippen LogP contribution in [-0.2, 0) is 22.5 Å². The van der Waals surface area contributed by atoms with Crippen molar-refractivity contribution in [2.24, 2.45) is 0 Å². The molecule has 1 aromatic rings. The second kappa shape index (κ2) is 6.66. The summed E-state index contributed by atoms with van der Waals surface area (Å²) in [5.41, 5.74) is 0. The van der Waals surface area contributed by atoms with E-state index in [4.69, 9.17) is 9.26 Å². The first-order valence-corrected chi connectivity index (χ1v) is 5.03. The zero-order valence-electron chi connectivity index (χ0n) is 9.61. The molecule has 0 aromatic carbocycles. The molecular formula is C9H13F3N2O4. The van der Waals surface area contributed by atoms with Gasteiger partial charge in [0, 0.05) is 7.11 Å². The van der Waals surface area contributed by atoms with E-state index in [0.29, 0.717) is 0 Å². The molecular weight excluding hydrogens is 257 g/mol. The summed E-state index contributed by atoms with van der Waals surface area (Å²) in [6.07, 6.45) is -5.12. The molecule has 0 saturated heterocycles. The molecule has 1 atom stereocenters. The van der Waals surface area contributed by atoms with Crippen molar-refractivity contribution in [1.82, 2.24) is 10.1 Å². The van der Waals surface area contributed by atoms with Crippen LogP contribution in [0, 0.1) is 0 Å². The summed E-state index contributed by atoms with van der Waals surface area (Å²) in [7, 11) is 1.42. The van der Waals surface area contributed by atoms with Gasteiger partial charge in [-0.3, -0.25) is 0 Å². The molecule has 0 spiro atoms. The molecule has 0 amide bonds. The summed E-state index contributed by atoms with van der Waals surface area (Å²) in [6.45, 7) is -1.67. The normalized spacial score (nSPS) is 13.8. The summed E-state index contributed by atoms with van der Waals surface area (Å²) in [4.78, 5) is 3.77. The molecule has 0 fully saturated rings. The Bertz CT molecular complexity index is 356. The third-order valence-electron chi connectivity index (χ3n) is 1.78. The van der Waals surface area contributed by atoms with Crippen LogP contribution in [0.25, 0.3) is 0 Å². The maximum Gasteiger partial charge on any atom is 0.411 e. The third kappa shape index (κ3) is 5.94. The summed E-state index contributed by atoms with van der Waals surface area (Å²) in [5, 5.41) is 12.8. The minimum absolute atomic E-state index is 0.00105. The van der Waals surface area contributed by atoms with Gasteiger partial charge >= 0.3 is 6.18 Å². The first-order valence-electron chi connectivity index (χ1n) is 5.03. The van der Waals surface area contributed by atoms with Crippen LogP contribution >= 0.6 is 0 Å². The highest BCUT2D eigenvalue weighted by Crippen LogP contribution is 2.15. The molecule has 0 bridgehead atoms. The van der Waals surface area contributed by atoms with Crippen LogP contribution in [0.15, 0.2) is 4.52 Å². The minimum atomic E-state index is -4.39. The number of hydrogen-bond donors (Lipinski definition) is 1. The lowest BCUT2D eigenvalue weighted by molar-refractivity contribution is -0.177. The Morgan fingerprint density at radius 1 is 1.44 bits per heavy atom. The zero-order valence-corrected chi connectivity index (χ0v) is 9.61. The Hall–Kier alpha value is -1.19. The first-order chi connectivity index (χ1) is 8.40. The quantitative estimate of drug-likeness (QED) is 0.785. The van der Waals surface area contributed by atoms with Crippen LogP contribution in [0.2, 0.25) is 0 Å². The van der Waals surface area contributed by atoms with Crippen molar-refractivity contribution in [2.75, 3.05) is 20.3 Å². The maximum atomic E-state index is 11.8. The largest absolute Gasteiger partial charge is 0.411 e. The highest BCUT2D eigenvalue weighted by Gasteiger charge is 2.27. The third-order valence-corrected chi connectivity index (χ3v) is 1.78. The fraction of sp³-hybridized carbons (Fsp3) is 0.778. The van der Waals surface area contributed by atoms with E-state index in [0.717, 1.165) is 0 Å². The number of halogens is 3. The molecule has 0 saturated carbocycles. The minimum Gasteiger partial charge on any atom is -0.390 e. The molecule has 104 valence electrons. The van der Waals surface area contributed by atoms with Gasteiger partial charge in [-0.15, -0.1) is 0 Å². The lowest BCUT2D eigenvalue weighted by atomic mass is 10.3. The van der Waals surface area contributed by atoms with Gasteiger partial charge in [0.05, 0.1) is 19.1 Å². The Morgan fingerprint density at radius 2 is 2.17 bits per heavy atom. The second-order valence-electron chi connectivity index (χ2n) is 3.53. The summed E-state index contributed by atoms with van der Waals surface area (Å²) in [5.74, 6) is 0.115. The van der Waals surface area contributed by atoms with Crippen LogP contribution in [-0.4, -0.2) is 47.9 Å². The van der Waals surface area contributed by atoms with Crippen LogP contribution in [0.3, 0.4) is 0 Å². The lowest BCUT2D eigenvalue weighted by Crippen LogP contribution is -2.17. The van der Waals surface area contributed by atoms with E-state index in [1.807, 2.05) is 0 Å². The Balaban J connectivity index is 2.34. The molecule has 0 aliphatic rings. The van der Waals surface area contributed by atoms with Gasteiger partial charge in [-0.1, -0.05) is 5.16 Å². The monoisotopic (exact) mass is 270 g/mol.